The first-order chi connectivity index (χ1) is 41.0. The predicted molar refractivity (Wildman–Crippen MR) is 330 cm³/mol. The first-order valence-electron chi connectivity index (χ1n) is 27.5. The van der Waals surface area contributed by atoms with Gasteiger partial charge >= 0.3 is 12.4 Å². The van der Waals surface area contributed by atoms with Crippen LogP contribution >= 0.6 is 0 Å². The molecular weight excluding hydrogens is 1060 g/mol. The normalized spacial score (nSPS) is 12.4. The molecule has 0 unspecified atom stereocenters. The van der Waals surface area contributed by atoms with Crippen molar-refractivity contribution in [1.82, 2.24) is 0 Å². The number of hydrogen-bond donors (Lipinski definition) is 0. The van der Waals surface area contributed by atoms with Crippen LogP contribution in [0.1, 0.15) is 11.1 Å². The van der Waals surface area contributed by atoms with Crippen LogP contribution in [0.25, 0.3) is 120 Å². The van der Waals surface area contributed by atoms with Gasteiger partial charge in [0.25, 0.3) is 0 Å². The highest BCUT2D eigenvalue weighted by atomic mass is 19.4. The average Bonchev–Trinajstić information content (AvgIpc) is 0.951. The fourth-order valence-electron chi connectivity index (χ4n) is 13.1. The molecule has 0 fully saturated rings. The minimum absolute atomic E-state index is 0.0396. The van der Waals surface area contributed by atoms with Crippen molar-refractivity contribution < 1.29 is 35.2 Å². The molecule has 2 heterocycles. The zero-order valence-electron chi connectivity index (χ0n) is 44.2. The van der Waals surface area contributed by atoms with E-state index in [2.05, 4.69) is 60.7 Å². The first-order valence-corrected chi connectivity index (χ1v) is 27.5. The quantitative estimate of drug-likeness (QED) is 0.112. The van der Waals surface area contributed by atoms with E-state index in [0.717, 1.165) is 88.2 Å². The molecule has 4 nitrogen and oxygen atoms in total. The number of anilines is 6. The Morgan fingerprint density at radius 2 is 0.595 bits per heavy atom. The van der Waals surface area contributed by atoms with E-state index in [-0.39, 0.29) is 10.8 Å². The van der Waals surface area contributed by atoms with E-state index in [9.17, 15) is 0 Å². The zero-order chi connectivity index (χ0) is 56.6. The van der Waals surface area contributed by atoms with Crippen LogP contribution in [0, 0.1) is 0 Å². The molecule has 0 amide bonds. The maximum Gasteiger partial charge on any atom is 0.417 e. The van der Waals surface area contributed by atoms with E-state index in [4.69, 9.17) is 8.83 Å². The smallest absolute Gasteiger partial charge is 0.417 e. The van der Waals surface area contributed by atoms with Gasteiger partial charge in [-0.15, -0.1) is 0 Å². The molecule has 2 aromatic heterocycles. The molecule has 16 rings (SSSR count). The van der Waals surface area contributed by atoms with E-state index < -0.39 is 23.5 Å². The number of benzene rings is 14. The van der Waals surface area contributed by atoms with Gasteiger partial charge in [-0.05, 0) is 104 Å². The van der Waals surface area contributed by atoms with E-state index in [1.54, 1.807) is 48.5 Å². The number of alkyl halides is 6. The van der Waals surface area contributed by atoms with Gasteiger partial charge < -0.3 is 18.6 Å². The number of rotatable bonds is 8. The lowest BCUT2D eigenvalue weighted by atomic mass is 9.85. The van der Waals surface area contributed by atoms with E-state index in [0.29, 0.717) is 67.2 Å². The van der Waals surface area contributed by atoms with E-state index in [1.807, 2.05) is 131 Å². The minimum Gasteiger partial charge on any atom is -0.454 e. The van der Waals surface area contributed by atoms with Gasteiger partial charge in [0.15, 0.2) is 11.2 Å². The Balaban J connectivity index is 1.09. The summed E-state index contributed by atoms with van der Waals surface area (Å²) in [6.45, 7) is 0. The highest BCUT2D eigenvalue weighted by molar-refractivity contribution is 6.33. The number of hydrogen-bond acceptors (Lipinski definition) is 4. The van der Waals surface area contributed by atoms with Crippen molar-refractivity contribution in [1.29, 1.82) is 0 Å². The summed E-state index contributed by atoms with van der Waals surface area (Å²) in [6, 6.07) is 78.9. The van der Waals surface area contributed by atoms with Crippen LogP contribution in [0.2, 0.25) is 0 Å². The summed E-state index contributed by atoms with van der Waals surface area (Å²) < 4.78 is 105. The molecule has 84 heavy (non-hydrogen) atoms. The van der Waals surface area contributed by atoms with Crippen LogP contribution in [0.5, 0.6) is 0 Å². The molecule has 0 saturated heterocycles. The minimum atomic E-state index is -4.65. The fraction of sp³-hybridized carbons (Fsp3) is 0.0270. The third kappa shape index (κ3) is 7.49. The van der Waals surface area contributed by atoms with Crippen LogP contribution in [0.4, 0.5) is 60.5 Å². The molecule has 0 aliphatic carbocycles. The molecule has 0 aliphatic heterocycles. The Labute approximate surface area is 475 Å². The van der Waals surface area contributed by atoms with Gasteiger partial charge in [0.1, 0.15) is 11.2 Å². The summed E-state index contributed by atoms with van der Waals surface area (Å²) in [6.07, 6.45) is -9.31. The van der Waals surface area contributed by atoms with Crippen molar-refractivity contribution in [3.05, 3.63) is 266 Å². The summed E-state index contributed by atoms with van der Waals surface area (Å²) in [5, 5.41) is 9.34. The van der Waals surface area contributed by atoms with Crippen LogP contribution in [-0.4, -0.2) is 0 Å². The molecule has 16 aromatic rings. The largest absolute Gasteiger partial charge is 0.454 e. The molecule has 0 radical (unpaired) electrons. The van der Waals surface area contributed by atoms with Crippen LogP contribution in [0.15, 0.2) is 264 Å². The lowest BCUT2D eigenvalue weighted by molar-refractivity contribution is -0.137. The van der Waals surface area contributed by atoms with Crippen LogP contribution < -0.4 is 9.80 Å². The summed E-state index contributed by atoms with van der Waals surface area (Å²) in [4.78, 5) is 4.10. The fourth-order valence-corrected chi connectivity index (χ4v) is 13.1. The summed E-state index contributed by atoms with van der Waals surface area (Å²) in [7, 11) is 0. The number of nitrogens with zero attached hydrogens (tertiary/aromatic N) is 2. The third-order valence-electron chi connectivity index (χ3n) is 16.6. The van der Waals surface area contributed by atoms with Gasteiger partial charge in [-0.2, -0.15) is 26.3 Å². The van der Waals surface area contributed by atoms with Gasteiger partial charge in [-0.3, -0.25) is 0 Å². The average molecular weight is 1110 g/mol. The molecule has 0 atom stereocenters. The van der Waals surface area contributed by atoms with E-state index in [1.165, 1.54) is 12.1 Å². The van der Waals surface area contributed by atoms with Gasteiger partial charge in [0, 0.05) is 53.9 Å². The van der Waals surface area contributed by atoms with Crippen molar-refractivity contribution in [2.24, 2.45) is 0 Å². The molecule has 0 N–H and O–H groups in total. The Morgan fingerprint density at radius 1 is 0.250 bits per heavy atom. The maximum absolute atomic E-state index is 15.1. The Bertz CT molecular complexity index is 4980. The molecular formula is C74H42F6N2O2. The van der Waals surface area contributed by atoms with Crippen molar-refractivity contribution in [3.63, 3.8) is 0 Å². The predicted octanol–water partition coefficient (Wildman–Crippen LogP) is 23.0. The number of para-hydroxylation sites is 4. The first kappa shape index (κ1) is 49.3. The molecule has 14 aromatic carbocycles. The Kier molecular flexibility index (Phi) is 10.8. The SMILES string of the molecule is FC(F)(F)c1ccc(N(c2cc(-c3ccccc3)c3ccc4c(N(c5ccc(C(F)(F)F)c6ccccc56)c5cccc6c5oc5ccccc56)cc(-c5ccccc5)c5ccc2c3c54)c2cccc3c2oc2ccccc23)c2ccccc12. The second-order valence-electron chi connectivity index (χ2n) is 21.2. The second-order valence-corrected chi connectivity index (χ2v) is 21.2. The highest BCUT2D eigenvalue weighted by Gasteiger charge is 2.36. The maximum atomic E-state index is 15.1. The molecule has 0 saturated carbocycles. The Morgan fingerprint density at radius 3 is 1.00 bits per heavy atom. The van der Waals surface area contributed by atoms with Crippen molar-refractivity contribution in [3.8, 4) is 22.3 Å². The zero-order valence-corrected chi connectivity index (χ0v) is 44.2. The molecule has 0 aliphatic rings. The monoisotopic (exact) mass is 1100 g/mol. The van der Waals surface area contributed by atoms with E-state index >= 15 is 26.3 Å². The van der Waals surface area contributed by atoms with Crippen LogP contribution in [-0.2, 0) is 12.4 Å². The van der Waals surface area contributed by atoms with Crippen molar-refractivity contribution in [2.75, 3.05) is 9.80 Å². The number of halogens is 6. The standard InChI is InChI=1S/C74H42F6N2O2/c75-73(76,77)59-37-39-61(47-23-9-7-21-45(47)59)81(63-29-15-27-53-49-25-11-13-31-67(49)83-71(53)63)65-41-57(43-17-3-1-4-18-43)51-33-35-56-66(42-58(44-19-5-2-6-20-44)52-34-36-55(65)69(51)70(52)56)82(62-40-38-60(74(78,79)80)46-22-8-10-24-48(46)62)64-30-16-28-54-50-26-12-14-32-68(50)84-72(54)64/h1-42H. The summed E-state index contributed by atoms with van der Waals surface area (Å²) >= 11 is 0. The third-order valence-corrected chi connectivity index (χ3v) is 16.6. The topological polar surface area (TPSA) is 32.8 Å². The highest BCUT2D eigenvalue weighted by Crippen LogP contribution is 2.56. The Hall–Kier alpha value is -10.6. The molecule has 0 spiro atoms. The van der Waals surface area contributed by atoms with Crippen LogP contribution in [0.3, 0.4) is 0 Å². The van der Waals surface area contributed by atoms with Crippen molar-refractivity contribution in [2.45, 2.75) is 12.4 Å². The number of fused-ring (bicyclic) bond motifs is 8. The molecule has 0 bridgehead atoms. The van der Waals surface area contributed by atoms with Gasteiger partial charge in [-0.1, -0.05) is 194 Å². The summed E-state index contributed by atoms with van der Waals surface area (Å²) in [5.41, 5.74) is 7.91. The lowest BCUT2D eigenvalue weighted by Gasteiger charge is -2.32. The molecule has 10 heteroatoms. The van der Waals surface area contributed by atoms with Gasteiger partial charge in [-0.25, -0.2) is 0 Å². The molecule has 402 valence electrons. The lowest BCUT2D eigenvalue weighted by Crippen LogP contribution is -2.14. The van der Waals surface area contributed by atoms with Crippen molar-refractivity contribution >= 4 is 132 Å². The van der Waals surface area contributed by atoms with Gasteiger partial charge in [0.2, 0.25) is 0 Å². The number of furan rings is 2. The van der Waals surface area contributed by atoms with Gasteiger partial charge in [0.05, 0.1) is 45.3 Å². The summed E-state index contributed by atoms with van der Waals surface area (Å²) in [5.74, 6) is 0. The second kappa shape index (κ2) is 18.5.